The number of alkyl halides is 3. The topological polar surface area (TPSA) is 81.5 Å². The van der Waals surface area contributed by atoms with E-state index in [1.165, 1.54) is 12.1 Å². The molecule has 0 saturated heterocycles. The molecule has 1 saturated carbocycles. The average Bonchev–Trinajstić information content (AvgIpc) is 3.65. The van der Waals surface area contributed by atoms with Gasteiger partial charge in [-0.25, -0.2) is 4.79 Å². The minimum absolute atomic E-state index is 0.351. The predicted octanol–water partition coefficient (Wildman–Crippen LogP) is 10.5. The van der Waals surface area contributed by atoms with Gasteiger partial charge in [0.25, 0.3) is 0 Å². The van der Waals surface area contributed by atoms with Crippen LogP contribution in [0.2, 0.25) is 0 Å². The van der Waals surface area contributed by atoms with E-state index in [4.69, 9.17) is 13.9 Å². The van der Waals surface area contributed by atoms with E-state index in [0.717, 1.165) is 77.2 Å². The van der Waals surface area contributed by atoms with Crippen LogP contribution in [0.1, 0.15) is 88.7 Å². The fourth-order valence-electron chi connectivity index (χ4n) is 8.98. The van der Waals surface area contributed by atoms with E-state index in [9.17, 15) is 22.8 Å². The van der Waals surface area contributed by atoms with Crippen molar-refractivity contribution in [1.29, 1.82) is 0 Å². The van der Waals surface area contributed by atoms with Gasteiger partial charge in [-0.1, -0.05) is 80.6 Å². The van der Waals surface area contributed by atoms with Gasteiger partial charge >= 0.3 is 11.9 Å². The van der Waals surface area contributed by atoms with Gasteiger partial charge in [-0.15, -0.1) is 0 Å². The highest BCUT2D eigenvalue weighted by Crippen LogP contribution is 2.62. The Kier molecular flexibility index (Phi) is 7.30. The van der Waals surface area contributed by atoms with Crippen LogP contribution in [0.3, 0.4) is 0 Å². The van der Waals surface area contributed by atoms with Crippen LogP contribution in [0, 0.1) is 0 Å². The van der Waals surface area contributed by atoms with Crippen molar-refractivity contribution < 1.29 is 31.9 Å². The predicted molar refractivity (Wildman–Crippen MR) is 193 cm³/mol. The lowest BCUT2D eigenvalue weighted by Gasteiger charge is -2.40. The van der Waals surface area contributed by atoms with Crippen molar-refractivity contribution in [2.45, 2.75) is 62.1 Å². The lowest BCUT2D eigenvalue weighted by molar-refractivity contribution is -0.137. The number of carbonyl (C=O) groups excluding carboxylic acids is 1. The number of ether oxygens (including phenoxy) is 2. The van der Waals surface area contributed by atoms with E-state index in [0.29, 0.717) is 52.0 Å². The number of H-pyrrole nitrogens is 1. The first-order valence-corrected chi connectivity index (χ1v) is 17.6. The maximum Gasteiger partial charge on any atom is 0.417 e. The van der Waals surface area contributed by atoms with E-state index in [2.05, 4.69) is 11.1 Å². The van der Waals surface area contributed by atoms with Gasteiger partial charge in [-0.05, 0) is 83.0 Å². The zero-order chi connectivity index (χ0) is 35.8. The van der Waals surface area contributed by atoms with Gasteiger partial charge in [0.1, 0.15) is 17.8 Å². The molecule has 52 heavy (non-hydrogen) atoms. The molecular formula is C43H34F3NO5. The Labute approximate surface area is 296 Å². The molecule has 1 unspecified atom stereocenters. The molecule has 0 radical (unpaired) electrons. The second kappa shape index (κ2) is 11.7. The molecule has 1 N–H and O–H groups in total. The summed E-state index contributed by atoms with van der Waals surface area (Å²) in [4.78, 5) is 26.9. The number of carbonyl (C=O) groups is 1. The zero-order valence-corrected chi connectivity index (χ0v) is 28.4. The molecular weight excluding hydrogens is 667 g/mol. The van der Waals surface area contributed by atoms with Crippen molar-refractivity contribution >= 4 is 34.2 Å². The molecule has 1 spiro atoms. The summed E-state index contributed by atoms with van der Waals surface area (Å²) in [6.07, 6.45) is 6.59. The van der Waals surface area contributed by atoms with E-state index in [1.54, 1.807) is 25.3 Å². The van der Waals surface area contributed by atoms with Crippen molar-refractivity contribution in [1.82, 2.24) is 4.98 Å². The molecule has 5 aromatic carbocycles. The van der Waals surface area contributed by atoms with Crippen LogP contribution in [0.4, 0.5) is 13.2 Å². The Hall–Kier alpha value is -5.57. The van der Waals surface area contributed by atoms with Gasteiger partial charge in [0.15, 0.2) is 11.2 Å². The van der Waals surface area contributed by atoms with E-state index in [1.807, 2.05) is 54.6 Å². The summed E-state index contributed by atoms with van der Waals surface area (Å²) in [5.74, 6) is 0.624. The van der Waals surface area contributed by atoms with E-state index < -0.39 is 28.5 Å². The monoisotopic (exact) mass is 701 g/mol. The summed E-state index contributed by atoms with van der Waals surface area (Å²) in [6.45, 7) is 0. The fourth-order valence-corrected chi connectivity index (χ4v) is 8.98. The maximum atomic E-state index is 14.4. The van der Waals surface area contributed by atoms with Gasteiger partial charge in [0.05, 0.1) is 18.2 Å². The molecule has 1 aromatic heterocycles. The van der Waals surface area contributed by atoms with Crippen molar-refractivity contribution in [3.05, 3.63) is 134 Å². The minimum atomic E-state index is -4.50. The first-order chi connectivity index (χ1) is 25.1. The SMILES string of the molecule is COc1ccc(C2(c3ccc(C=O)cc3)C=Cc3c4c(c5cc6oc(=O)[nH]c6cc5c3O2)-c2ccc(C(F)(F)F)cc2C42CCCCCCC2)cc1. The number of aldehydes is 1. The van der Waals surface area contributed by atoms with E-state index in [-0.39, 0.29) is 0 Å². The van der Waals surface area contributed by atoms with Crippen LogP contribution in [0.5, 0.6) is 11.5 Å². The molecule has 9 heteroatoms. The second-order valence-corrected chi connectivity index (χ2v) is 14.1. The first-order valence-electron chi connectivity index (χ1n) is 17.6. The average molecular weight is 702 g/mol. The molecule has 1 aliphatic heterocycles. The van der Waals surface area contributed by atoms with Crippen LogP contribution in [0.15, 0.2) is 94.2 Å². The lowest BCUT2D eigenvalue weighted by Crippen LogP contribution is -2.35. The molecule has 2 aliphatic carbocycles. The number of oxazole rings is 1. The summed E-state index contributed by atoms with van der Waals surface area (Å²) in [5, 5.41) is 1.43. The molecule has 1 atom stereocenters. The van der Waals surface area contributed by atoms with Crippen LogP contribution >= 0.6 is 0 Å². The smallest absolute Gasteiger partial charge is 0.417 e. The number of methoxy groups -OCH3 is 1. The number of halogens is 3. The van der Waals surface area contributed by atoms with Gasteiger partial charge < -0.3 is 13.9 Å². The van der Waals surface area contributed by atoms with Crippen LogP contribution in [-0.2, 0) is 17.2 Å². The third-order valence-corrected chi connectivity index (χ3v) is 11.4. The Bertz CT molecular complexity index is 2480. The quantitative estimate of drug-likeness (QED) is 0.185. The molecule has 6 nitrogen and oxygen atoms in total. The molecule has 0 bridgehead atoms. The summed E-state index contributed by atoms with van der Waals surface area (Å²) in [5.41, 5.74) is 4.48. The molecule has 2 heterocycles. The third kappa shape index (κ3) is 4.78. The van der Waals surface area contributed by atoms with Crippen LogP contribution in [0.25, 0.3) is 39.1 Å². The minimum Gasteiger partial charge on any atom is -0.497 e. The highest BCUT2D eigenvalue weighted by molar-refractivity contribution is 6.12. The number of fused-ring (bicyclic) bond motifs is 11. The summed E-state index contributed by atoms with van der Waals surface area (Å²) in [6, 6.07) is 22.7. The molecule has 262 valence electrons. The normalized spacial score (nSPS) is 19.1. The molecule has 1 fully saturated rings. The number of aromatic amines is 1. The lowest BCUT2D eigenvalue weighted by atomic mass is 9.67. The van der Waals surface area contributed by atoms with E-state index >= 15 is 0 Å². The highest BCUT2D eigenvalue weighted by atomic mass is 19.4. The molecule has 6 aromatic rings. The van der Waals surface area contributed by atoms with Gasteiger partial charge in [-0.3, -0.25) is 9.78 Å². The standard InChI is InChI=1S/C43H34F3NO5/c1-50-29-14-11-27(12-15-29)42(26-9-7-25(24-48)8-10-26)20-17-31-38-37(32-23-36-35(47-40(49)51-36)22-33(32)39(31)52-42)30-16-13-28(43(44,45)46)21-34(30)41(38)18-5-3-2-4-6-19-41/h7-17,20-24H,2-6,18-19H2,1H3,(H,47,49). The van der Waals surface area contributed by atoms with Crippen molar-refractivity contribution in [3.63, 3.8) is 0 Å². The second-order valence-electron chi connectivity index (χ2n) is 14.1. The number of hydrogen-bond donors (Lipinski definition) is 1. The zero-order valence-electron chi connectivity index (χ0n) is 28.4. The fraction of sp³-hybridized carbons (Fsp3) is 0.256. The summed E-state index contributed by atoms with van der Waals surface area (Å²) < 4.78 is 61.6. The number of aromatic nitrogens is 1. The van der Waals surface area contributed by atoms with Crippen molar-refractivity contribution in [2.75, 3.05) is 7.11 Å². The third-order valence-electron chi connectivity index (χ3n) is 11.4. The van der Waals surface area contributed by atoms with Crippen molar-refractivity contribution in [2.24, 2.45) is 0 Å². The maximum absolute atomic E-state index is 14.4. The molecule has 9 rings (SSSR count). The number of hydrogen-bond acceptors (Lipinski definition) is 5. The summed E-state index contributed by atoms with van der Waals surface area (Å²) >= 11 is 0. The number of rotatable bonds is 4. The molecule has 0 amide bonds. The largest absolute Gasteiger partial charge is 0.497 e. The first kappa shape index (κ1) is 32.3. The van der Waals surface area contributed by atoms with Gasteiger partial charge in [0.2, 0.25) is 0 Å². The number of nitrogens with one attached hydrogen (secondary N) is 1. The van der Waals surface area contributed by atoms with Crippen molar-refractivity contribution in [3.8, 4) is 22.6 Å². The summed E-state index contributed by atoms with van der Waals surface area (Å²) in [7, 11) is 1.60. The van der Waals surface area contributed by atoms with Gasteiger partial charge in [0, 0.05) is 33.1 Å². The number of benzene rings is 5. The Balaban J connectivity index is 1.39. The van der Waals surface area contributed by atoms with Crippen LogP contribution < -0.4 is 15.2 Å². The Morgan fingerprint density at radius 2 is 1.54 bits per heavy atom. The van der Waals surface area contributed by atoms with Gasteiger partial charge in [-0.2, -0.15) is 13.2 Å². The van der Waals surface area contributed by atoms with Crippen LogP contribution in [-0.4, -0.2) is 18.4 Å². The molecule has 3 aliphatic rings. The Morgan fingerprint density at radius 3 is 2.21 bits per heavy atom. The Morgan fingerprint density at radius 1 is 0.846 bits per heavy atom. The highest BCUT2D eigenvalue weighted by Gasteiger charge is 2.49.